The van der Waals surface area contributed by atoms with Crippen LogP contribution in [0.2, 0.25) is 0 Å². The first-order valence-electron chi connectivity index (χ1n) is 11.7. The Morgan fingerprint density at radius 2 is 2.00 bits per heavy atom. The predicted molar refractivity (Wildman–Crippen MR) is 123 cm³/mol. The minimum absolute atomic E-state index is 0.0651. The summed E-state index contributed by atoms with van der Waals surface area (Å²) in [6, 6.07) is 7.40. The van der Waals surface area contributed by atoms with Gasteiger partial charge in [0.1, 0.15) is 24.2 Å². The van der Waals surface area contributed by atoms with Crippen LogP contribution in [0.25, 0.3) is 0 Å². The smallest absolute Gasteiger partial charge is 0.338 e. The molecule has 1 saturated carbocycles. The number of anilines is 1. The SMILES string of the molecule is CCOc1ccc([C@@H]2C(C(=O)O[C@@H]3C[C@H](C)CC[C@H]3C(C)C)=C(C)Nc3ncnn32)cc1. The van der Waals surface area contributed by atoms with Gasteiger partial charge in [-0.25, -0.2) is 9.48 Å². The second-order valence-corrected chi connectivity index (χ2v) is 9.37. The van der Waals surface area contributed by atoms with Gasteiger partial charge in [0.15, 0.2) is 0 Å². The highest BCUT2D eigenvalue weighted by molar-refractivity contribution is 5.92. The fourth-order valence-electron chi connectivity index (χ4n) is 5.03. The number of aromatic nitrogens is 3. The van der Waals surface area contributed by atoms with E-state index in [4.69, 9.17) is 9.47 Å². The fraction of sp³-hybridized carbons (Fsp3) is 0.560. The van der Waals surface area contributed by atoms with Gasteiger partial charge in [-0.3, -0.25) is 0 Å². The van der Waals surface area contributed by atoms with Crippen molar-refractivity contribution in [1.29, 1.82) is 0 Å². The number of benzene rings is 1. The average Bonchev–Trinajstić information content (AvgIpc) is 3.21. The molecule has 7 heteroatoms. The molecular formula is C25H34N4O3. The van der Waals surface area contributed by atoms with Crippen molar-refractivity contribution < 1.29 is 14.3 Å². The van der Waals surface area contributed by atoms with Gasteiger partial charge in [0.25, 0.3) is 0 Å². The van der Waals surface area contributed by atoms with Gasteiger partial charge in [-0.2, -0.15) is 10.1 Å². The van der Waals surface area contributed by atoms with Crippen LogP contribution in [0.3, 0.4) is 0 Å². The number of nitrogens with one attached hydrogen (secondary N) is 1. The molecule has 0 saturated heterocycles. The van der Waals surface area contributed by atoms with Gasteiger partial charge in [0, 0.05) is 5.70 Å². The van der Waals surface area contributed by atoms with Crippen LogP contribution < -0.4 is 10.1 Å². The van der Waals surface area contributed by atoms with Crippen molar-refractivity contribution in [2.75, 3.05) is 11.9 Å². The van der Waals surface area contributed by atoms with E-state index < -0.39 is 6.04 Å². The second kappa shape index (κ2) is 9.35. The molecule has 0 unspecified atom stereocenters. The maximum absolute atomic E-state index is 13.6. The maximum Gasteiger partial charge on any atom is 0.338 e. The van der Waals surface area contributed by atoms with E-state index in [1.54, 1.807) is 4.68 Å². The molecule has 2 aliphatic rings. The monoisotopic (exact) mass is 438 g/mol. The number of hydrogen-bond donors (Lipinski definition) is 1. The molecule has 2 heterocycles. The molecule has 32 heavy (non-hydrogen) atoms. The third kappa shape index (κ3) is 4.38. The number of carbonyl (C=O) groups is 1. The number of fused-ring (bicyclic) bond motifs is 1. The average molecular weight is 439 g/mol. The van der Waals surface area contributed by atoms with E-state index in [1.807, 2.05) is 38.1 Å². The summed E-state index contributed by atoms with van der Waals surface area (Å²) in [7, 11) is 0. The van der Waals surface area contributed by atoms with Gasteiger partial charge in [-0.15, -0.1) is 0 Å². The van der Waals surface area contributed by atoms with Gasteiger partial charge in [0.05, 0.1) is 12.2 Å². The van der Waals surface area contributed by atoms with Crippen LogP contribution in [0.4, 0.5) is 5.95 Å². The van der Waals surface area contributed by atoms with E-state index in [1.165, 1.54) is 12.7 Å². The molecule has 0 amide bonds. The molecule has 172 valence electrons. The molecule has 1 N–H and O–H groups in total. The number of ether oxygens (including phenoxy) is 2. The molecule has 1 fully saturated rings. The maximum atomic E-state index is 13.6. The Morgan fingerprint density at radius 3 is 2.69 bits per heavy atom. The summed E-state index contributed by atoms with van der Waals surface area (Å²) in [5.74, 6) is 2.56. The van der Waals surface area contributed by atoms with Crippen LogP contribution in [0.1, 0.15) is 65.5 Å². The normalized spacial score (nSPS) is 25.3. The van der Waals surface area contributed by atoms with E-state index in [0.29, 0.717) is 35.9 Å². The summed E-state index contributed by atoms with van der Waals surface area (Å²) in [6.07, 6.45) is 4.64. The first-order valence-corrected chi connectivity index (χ1v) is 11.7. The number of esters is 1. The van der Waals surface area contributed by atoms with Crippen LogP contribution in [-0.2, 0) is 9.53 Å². The Kier molecular flexibility index (Phi) is 6.53. The zero-order valence-electron chi connectivity index (χ0n) is 19.7. The van der Waals surface area contributed by atoms with Crippen LogP contribution in [0, 0.1) is 17.8 Å². The minimum atomic E-state index is -0.407. The first kappa shape index (κ1) is 22.4. The summed E-state index contributed by atoms with van der Waals surface area (Å²) in [5, 5.41) is 7.64. The molecule has 1 aliphatic heterocycles. The van der Waals surface area contributed by atoms with Gasteiger partial charge < -0.3 is 14.8 Å². The van der Waals surface area contributed by atoms with Crippen molar-refractivity contribution in [3.8, 4) is 5.75 Å². The third-order valence-corrected chi connectivity index (χ3v) is 6.74. The number of allylic oxidation sites excluding steroid dienone is 1. The quantitative estimate of drug-likeness (QED) is 0.642. The standard InChI is InChI=1S/C25H34N4O3/c1-6-31-19-10-8-18(9-11-19)23-22(17(5)28-25-26-14-27-29(23)25)24(30)32-21-13-16(4)7-12-20(21)15(2)3/h8-11,14-16,20-21,23H,6-7,12-13H2,1-5H3,(H,26,27,28)/t16-,20+,21-,23-/m1/s1. The van der Waals surface area contributed by atoms with Gasteiger partial charge >= 0.3 is 5.97 Å². The highest BCUT2D eigenvalue weighted by Crippen LogP contribution is 2.39. The summed E-state index contributed by atoms with van der Waals surface area (Å²) in [4.78, 5) is 17.9. The van der Waals surface area contributed by atoms with E-state index in [0.717, 1.165) is 29.9 Å². The molecule has 4 rings (SSSR count). The van der Waals surface area contributed by atoms with Crippen molar-refractivity contribution in [1.82, 2.24) is 14.8 Å². The van der Waals surface area contributed by atoms with E-state index >= 15 is 0 Å². The molecule has 7 nitrogen and oxygen atoms in total. The highest BCUT2D eigenvalue weighted by Gasteiger charge is 2.38. The minimum Gasteiger partial charge on any atom is -0.494 e. The zero-order valence-corrected chi connectivity index (χ0v) is 19.7. The lowest BCUT2D eigenvalue weighted by Gasteiger charge is -2.37. The fourth-order valence-corrected chi connectivity index (χ4v) is 5.03. The Balaban J connectivity index is 1.66. The third-order valence-electron chi connectivity index (χ3n) is 6.74. The molecule has 0 bridgehead atoms. The lowest BCUT2D eigenvalue weighted by molar-refractivity contribution is -0.151. The van der Waals surface area contributed by atoms with Crippen molar-refractivity contribution in [2.24, 2.45) is 17.8 Å². The molecule has 0 radical (unpaired) electrons. The number of hydrogen-bond acceptors (Lipinski definition) is 6. The molecular weight excluding hydrogens is 404 g/mol. The molecule has 1 aromatic heterocycles. The largest absolute Gasteiger partial charge is 0.494 e. The summed E-state index contributed by atoms with van der Waals surface area (Å²) < 4.78 is 13.6. The topological polar surface area (TPSA) is 78.3 Å². The van der Waals surface area contributed by atoms with Crippen LogP contribution in [0.5, 0.6) is 5.75 Å². The highest BCUT2D eigenvalue weighted by atomic mass is 16.5. The number of rotatable bonds is 6. The van der Waals surface area contributed by atoms with Crippen molar-refractivity contribution >= 4 is 11.9 Å². The van der Waals surface area contributed by atoms with Gasteiger partial charge in [-0.1, -0.05) is 39.3 Å². The summed E-state index contributed by atoms with van der Waals surface area (Å²) >= 11 is 0. The number of carbonyl (C=O) groups excluding carboxylic acids is 1. The van der Waals surface area contributed by atoms with Crippen molar-refractivity contribution in [2.45, 2.75) is 66.0 Å². The van der Waals surface area contributed by atoms with Crippen LogP contribution >= 0.6 is 0 Å². The lowest BCUT2D eigenvalue weighted by atomic mass is 9.75. The first-order chi connectivity index (χ1) is 15.4. The number of nitrogens with zero attached hydrogens (tertiary/aromatic N) is 3. The van der Waals surface area contributed by atoms with Crippen LogP contribution in [-0.4, -0.2) is 33.4 Å². The Morgan fingerprint density at radius 1 is 1.25 bits per heavy atom. The molecule has 4 atom stereocenters. The second-order valence-electron chi connectivity index (χ2n) is 9.37. The zero-order chi connectivity index (χ0) is 22.8. The molecule has 2 aromatic rings. The van der Waals surface area contributed by atoms with Gasteiger partial charge in [0.2, 0.25) is 5.95 Å². The van der Waals surface area contributed by atoms with Crippen LogP contribution in [0.15, 0.2) is 41.9 Å². The Hall–Kier alpha value is -2.83. The van der Waals surface area contributed by atoms with Crippen molar-refractivity contribution in [3.05, 3.63) is 47.4 Å². The van der Waals surface area contributed by atoms with E-state index in [-0.39, 0.29) is 12.1 Å². The molecule has 1 aliphatic carbocycles. The molecule has 1 aromatic carbocycles. The van der Waals surface area contributed by atoms with Crippen molar-refractivity contribution in [3.63, 3.8) is 0 Å². The lowest BCUT2D eigenvalue weighted by Crippen LogP contribution is -2.38. The van der Waals surface area contributed by atoms with Gasteiger partial charge in [-0.05, 0) is 62.1 Å². The van der Waals surface area contributed by atoms with E-state index in [9.17, 15) is 4.79 Å². The Labute approximate surface area is 190 Å². The Bertz CT molecular complexity index is 979. The predicted octanol–water partition coefficient (Wildman–Crippen LogP) is 4.97. The van der Waals surface area contributed by atoms with E-state index in [2.05, 4.69) is 36.2 Å². The summed E-state index contributed by atoms with van der Waals surface area (Å²) in [6.45, 7) is 11.2. The molecule has 0 spiro atoms. The summed E-state index contributed by atoms with van der Waals surface area (Å²) in [5.41, 5.74) is 2.26.